The average Bonchev–Trinajstić information content (AvgIpc) is 3.16. The van der Waals surface area contributed by atoms with E-state index >= 15 is 0 Å². The Bertz CT molecular complexity index is 1010. The van der Waals surface area contributed by atoms with Crippen LogP contribution in [0.2, 0.25) is 0 Å². The van der Waals surface area contributed by atoms with Gasteiger partial charge < -0.3 is 10.3 Å². The van der Waals surface area contributed by atoms with Crippen molar-refractivity contribution in [2.45, 2.75) is 26.2 Å². The van der Waals surface area contributed by atoms with Crippen molar-refractivity contribution in [3.05, 3.63) is 54.2 Å². The molecule has 0 fully saturated rings. The first-order valence-corrected chi connectivity index (χ1v) is 9.00. The predicted octanol–water partition coefficient (Wildman–Crippen LogP) is 1.22. The van der Waals surface area contributed by atoms with Gasteiger partial charge in [-0.25, -0.2) is 0 Å². The molecule has 0 aromatic carbocycles. The summed E-state index contributed by atoms with van der Waals surface area (Å²) in [7, 11) is 1.67. The minimum absolute atomic E-state index is 0.101. The Labute approximate surface area is 147 Å². The van der Waals surface area contributed by atoms with Crippen LogP contribution in [0.4, 0.5) is 0 Å². The summed E-state index contributed by atoms with van der Waals surface area (Å²) in [6.07, 6.45) is 1.31. The number of nitrogens with zero attached hydrogens (tertiary/aromatic N) is 1. The lowest BCUT2D eigenvalue weighted by Gasteiger charge is -2.07. The van der Waals surface area contributed by atoms with Gasteiger partial charge >= 0.3 is 0 Å². The maximum atomic E-state index is 12.3. The highest BCUT2D eigenvalue weighted by molar-refractivity contribution is 7.07. The van der Waals surface area contributed by atoms with E-state index in [0.717, 1.165) is 6.42 Å². The summed E-state index contributed by atoms with van der Waals surface area (Å²) in [6, 6.07) is 2.03. The van der Waals surface area contributed by atoms with E-state index in [2.05, 4.69) is 20.8 Å². The minimum Gasteiger partial charge on any atom is -0.356 e. The number of rotatable bonds is 6. The monoisotopic (exact) mass is 360 g/mol. The second-order valence-corrected chi connectivity index (χ2v) is 6.79. The number of thiophene rings is 1. The Kier molecular flexibility index (Phi) is 4.89. The van der Waals surface area contributed by atoms with Gasteiger partial charge in [-0.15, -0.1) is 0 Å². The number of fused-ring (bicyclic) bond motifs is 1. The molecule has 8 heteroatoms. The van der Waals surface area contributed by atoms with Crippen LogP contribution >= 0.6 is 11.3 Å². The van der Waals surface area contributed by atoms with Crippen LogP contribution in [0.5, 0.6) is 0 Å². The van der Waals surface area contributed by atoms with Crippen molar-refractivity contribution in [2.75, 3.05) is 6.54 Å². The first-order chi connectivity index (χ1) is 12.0. The molecule has 3 heterocycles. The van der Waals surface area contributed by atoms with Gasteiger partial charge in [0.05, 0.1) is 5.39 Å². The third-order valence-electron chi connectivity index (χ3n) is 4.32. The molecule has 7 nitrogen and oxygen atoms in total. The van der Waals surface area contributed by atoms with Gasteiger partial charge in [-0.3, -0.25) is 24.2 Å². The van der Waals surface area contributed by atoms with Gasteiger partial charge in [-0.1, -0.05) is 0 Å². The molecule has 0 unspecified atom stereocenters. The van der Waals surface area contributed by atoms with E-state index in [0.29, 0.717) is 35.1 Å². The van der Waals surface area contributed by atoms with Crippen molar-refractivity contribution in [3.8, 4) is 0 Å². The molecule has 3 N–H and O–H groups in total. The Hall–Kier alpha value is -2.61. The van der Waals surface area contributed by atoms with Crippen LogP contribution in [-0.4, -0.2) is 27.2 Å². The molecule has 0 bridgehead atoms. The van der Waals surface area contributed by atoms with Crippen LogP contribution in [0.25, 0.3) is 11.0 Å². The summed E-state index contributed by atoms with van der Waals surface area (Å²) in [5, 5.41) is 10.0. The largest absolute Gasteiger partial charge is 0.356 e. The Morgan fingerprint density at radius 1 is 1.28 bits per heavy atom. The van der Waals surface area contributed by atoms with Gasteiger partial charge in [0.15, 0.2) is 0 Å². The third kappa shape index (κ3) is 3.58. The van der Waals surface area contributed by atoms with Crippen molar-refractivity contribution in [1.82, 2.24) is 20.1 Å². The van der Waals surface area contributed by atoms with Gasteiger partial charge in [-0.2, -0.15) is 11.3 Å². The number of amides is 1. The fourth-order valence-corrected chi connectivity index (χ4v) is 3.65. The van der Waals surface area contributed by atoms with E-state index < -0.39 is 0 Å². The van der Waals surface area contributed by atoms with Crippen LogP contribution in [0.3, 0.4) is 0 Å². The van der Waals surface area contributed by atoms with Gasteiger partial charge in [0.1, 0.15) is 5.65 Å². The summed E-state index contributed by atoms with van der Waals surface area (Å²) in [5.74, 6) is -0.101. The predicted molar refractivity (Wildman–Crippen MR) is 98.3 cm³/mol. The quantitative estimate of drug-likeness (QED) is 0.616. The molecule has 0 radical (unpaired) electrons. The second kappa shape index (κ2) is 7.10. The molecule has 0 aliphatic carbocycles. The molecule has 0 aliphatic heterocycles. The van der Waals surface area contributed by atoms with Crippen molar-refractivity contribution >= 4 is 28.3 Å². The average molecular weight is 360 g/mol. The van der Waals surface area contributed by atoms with E-state index in [9.17, 15) is 14.4 Å². The number of aromatic nitrogens is 3. The highest BCUT2D eigenvalue weighted by atomic mass is 32.1. The first kappa shape index (κ1) is 17.2. The first-order valence-electron chi connectivity index (χ1n) is 8.05. The molecule has 3 rings (SSSR count). The summed E-state index contributed by atoms with van der Waals surface area (Å²) >= 11 is 1.63. The fraction of sp³-hybridized carbons (Fsp3) is 0.353. The molecular formula is C17H20N4O3S. The summed E-state index contributed by atoms with van der Waals surface area (Å²) in [6.45, 7) is 2.32. The van der Waals surface area contributed by atoms with E-state index in [1.54, 1.807) is 25.3 Å². The molecule has 3 aromatic heterocycles. The summed E-state index contributed by atoms with van der Waals surface area (Å²) in [4.78, 5) is 39.0. The Morgan fingerprint density at radius 2 is 2.08 bits per heavy atom. The molecule has 0 aliphatic rings. The highest BCUT2D eigenvalue weighted by Crippen LogP contribution is 2.14. The molecule has 0 saturated carbocycles. The van der Waals surface area contributed by atoms with Crippen LogP contribution in [0.15, 0.2) is 26.4 Å². The molecule has 3 aromatic rings. The Balaban J connectivity index is 1.66. The third-order valence-corrected chi connectivity index (χ3v) is 5.05. The lowest BCUT2D eigenvalue weighted by atomic mass is 10.0. The highest BCUT2D eigenvalue weighted by Gasteiger charge is 2.15. The lowest BCUT2D eigenvalue weighted by Crippen LogP contribution is -2.27. The van der Waals surface area contributed by atoms with E-state index in [-0.39, 0.29) is 23.4 Å². The number of nitrogens with one attached hydrogen (secondary N) is 3. The number of carbonyl (C=O) groups excluding carboxylic acids is 1. The molecule has 1 amide bonds. The number of hydrogen-bond donors (Lipinski definition) is 3. The molecular weight excluding hydrogens is 340 g/mol. The van der Waals surface area contributed by atoms with Crippen molar-refractivity contribution in [1.29, 1.82) is 0 Å². The summed E-state index contributed by atoms with van der Waals surface area (Å²) in [5.41, 5.74) is 2.28. The normalized spacial score (nSPS) is 11.1. The number of aromatic amines is 2. The fourth-order valence-electron chi connectivity index (χ4n) is 2.95. The zero-order chi connectivity index (χ0) is 18.0. The van der Waals surface area contributed by atoms with Crippen LogP contribution in [-0.2, 0) is 24.7 Å². The molecule has 0 saturated heterocycles. The van der Waals surface area contributed by atoms with Gasteiger partial charge in [0.25, 0.3) is 11.1 Å². The lowest BCUT2D eigenvalue weighted by molar-refractivity contribution is -0.121. The molecule has 25 heavy (non-hydrogen) atoms. The number of carbonyl (C=O) groups is 1. The van der Waals surface area contributed by atoms with E-state index in [1.165, 1.54) is 10.2 Å². The summed E-state index contributed by atoms with van der Waals surface area (Å²) < 4.78 is 1.49. The van der Waals surface area contributed by atoms with Crippen molar-refractivity contribution in [3.63, 3.8) is 0 Å². The number of H-pyrrole nitrogens is 2. The number of hydrogen-bond acceptors (Lipinski definition) is 4. The van der Waals surface area contributed by atoms with Crippen molar-refractivity contribution in [2.24, 2.45) is 7.05 Å². The maximum absolute atomic E-state index is 12.3. The SMILES string of the molecule is Cc1c(CCC(=O)NCCc2ccsc2)c(=O)[nH]c2c1c(=O)[nH]n2C. The molecule has 132 valence electrons. The zero-order valence-corrected chi connectivity index (χ0v) is 15.0. The molecule has 0 atom stereocenters. The number of pyridine rings is 1. The van der Waals surface area contributed by atoms with Crippen LogP contribution < -0.4 is 16.4 Å². The van der Waals surface area contributed by atoms with Crippen LogP contribution in [0.1, 0.15) is 23.1 Å². The Morgan fingerprint density at radius 3 is 2.80 bits per heavy atom. The second-order valence-electron chi connectivity index (χ2n) is 6.01. The zero-order valence-electron chi connectivity index (χ0n) is 14.1. The number of aryl methyl sites for hydroxylation is 2. The van der Waals surface area contributed by atoms with Crippen LogP contribution in [0, 0.1) is 6.92 Å². The van der Waals surface area contributed by atoms with E-state index in [1.807, 2.05) is 11.4 Å². The van der Waals surface area contributed by atoms with Gasteiger partial charge in [0.2, 0.25) is 5.91 Å². The molecule has 0 spiro atoms. The smallest absolute Gasteiger partial charge is 0.273 e. The standard InChI is InChI=1S/C17H20N4O3S/c1-10-12(16(23)19-15-14(10)17(24)20-21(15)2)3-4-13(22)18-7-5-11-6-8-25-9-11/h6,8-9H,3-5,7H2,1-2H3,(H,18,22)(H,19,23)(H,20,24). The van der Waals surface area contributed by atoms with Gasteiger partial charge in [-0.05, 0) is 47.7 Å². The van der Waals surface area contributed by atoms with Gasteiger partial charge in [0, 0.05) is 25.6 Å². The minimum atomic E-state index is -0.259. The maximum Gasteiger partial charge on any atom is 0.273 e. The van der Waals surface area contributed by atoms with E-state index in [4.69, 9.17) is 0 Å². The topological polar surface area (TPSA) is 99.8 Å². The van der Waals surface area contributed by atoms with Crippen molar-refractivity contribution < 1.29 is 4.79 Å².